The van der Waals surface area contributed by atoms with E-state index in [4.69, 9.17) is 0 Å². The van der Waals surface area contributed by atoms with Gasteiger partial charge in [0.15, 0.2) is 11.6 Å². The number of alkyl halides is 1. The maximum absolute atomic E-state index is 16.6. The van der Waals surface area contributed by atoms with Crippen molar-refractivity contribution in [1.29, 1.82) is 0 Å². The molecule has 4 aliphatic rings. The fourth-order valence-electron chi connectivity index (χ4n) is 6.56. The molecule has 5 heteroatoms. The van der Waals surface area contributed by atoms with Crippen LogP contribution in [0.5, 0.6) is 0 Å². The molecule has 0 aromatic heterocycles. The van der Waals surface area contributed by atoms with Gasteiger partial charge in [-0.25, -0.2) is 4.39 Å². The van der Waals surface area contributed by atoms with E-state index in [1.54, 1.807) is 25.2 Å². The molecule has 0 unspecified atom stereocenters. The van der Waals surface area contributed by atoms with Crippen molar-refractivity contribution in [3.63, 3.8) is 0 Å². The van der Waals surface area contributed by atoms with Crippen LogP contribution in [0.15, 0.2) is 36.0 Å². The predicted octanol–water partition coefficient (Wildman–Crippen LogP) is 2.70. The van der Waals surface area contributed by atoms with Gasteiger partial charge < -0.3 is 10.2 Å². The van der Waals surface area contributed by atoms with Crippen molar-refractivity contribution in [2.75, 3.05) is 6.61 Å². The van der Waals surface area contributed by atoms with Crippen molar-refractivity contribution in [1.82, 2.24) is 0 Å². The minimum atomic E-state index is -1.69. The number of carbonyl (C=O) groups excluding carboxylic acids is 2. The molecule has 0 heterocycles. The highest BCUT2D eigenvalue weighted by atomic mass is 19.1. The molecule has 4 rings (SSSR count). The van der Waals surface area contributed by atoms with Gasteiger partial charge in [0.05, 0.1) is 0 Å². The summed E-state index contributed by atoms with van der Waals surface area (Å²) in [5.41, 5.74) is -4.37. The van der Waals surface area contributed by atoms with Gasteiger partial charge in [-0.05, 0) is 56.3 Å². The molecule has 0 bridgehead atoms. The van der Waals surface area contributed by atoms with E-state index in [0.29, 0.717) is 19.3 Å². The van der Waals surface area contributed by atoms with Crippen molar-refractivity contribution in [3.05, 3.63) is 36.0 Å². The number of ketones is 2. The molecule has 0 spiro atoms. The summed E-state index contributed by atoms with van der Waals surface area (Å²) in [6, 6.07) is 0. The van der Waals surface area contributed by atoms with Crippen LogP contribution in [0.3, 0.4) is 0 Å². The first-order valence-electron chi connectivity index (χ1n) is 9.74. The minimum Gasteiger partial charge on any atom is -0.388 e. The Kier molecular flexibility index (Phi) is 3.81. The number of carbonyl (C=O) groups is 2. The number of fused-ring (bicyclic) bond motifs is 5. The second kappa shape index (κ2) is 5.48. The molecule has 2 saturated carbocycles. The van der Waals surface area contributed by atoms with Crippen LogP contribution in [0.25, 0.3) is 0 Å². The Labute approximate surface area is 158 Å². The molecule has 27 heavy (non-hydrogen) atoms. The van der Waals surface area contributed by atoms with E-state index in [1.807, 2.05) is 13.8 Å². The summed E-state index contributed by atoms with van der Waals surface area (Å²) < 4.78 is 16.6. The third-order valence-corrected chi connectivity index (χ3v) is 8.26. The molecule has 0 radical (unpaired) electrons. The van der Waals surface area contributed by atoms with Crippen molar-refractivity contribution in [2.45, 2.75) is 51.3 Å². The molecule has 7 atom stereocenters. The fraction of sp³-hybridized carbons (Fsp3) is 0.636. The highest BCUT2D eigenvalue weighted by molar-refractivity contribution is 6.01. The first kappa shape index (κ1) is 18.8. The van der Waals surface area contributed by atoms with Gasteiger partial charge >= 0.3 is 0 Å². The Hall–Kier alpha value is -1.59. The van der Waals surface area contributed by atoms with Gasteiger partial charge in [-0.3, -0.25) is 9.59 Å². The van der Waals surface area contributed by atoms with E-state index in [0.717, 1.165) is 5.57 Å². The van der Waals surface area contributed by atoms with E-state index in [2.05, 4.69) is 0 Å². The monoisotopic (exact) mass is 374 g/mol. The Morgan fingerprint density at radius 1 is 1.26 bits per heavy atom. The summed E-state index contributed by atoms with van der Waals surface area (Å²) >= 11 is 0. The molecule has 146 valence electrons. The lowest BCUT2D eigenvalue weighted by atomic mass is 9.48. The smallest absolute Gasteiger partial charge is 0.190 e. The Balaban J connectivity index is 1.85. The van der Waals surface area contributed by atoms with Gasteiger partial charge in [-0.1, -0.05) is 31.6 Å². The van der Waals surface area contributed by atoms with Gasteiger partial charge in [0.2, 0.25) is 0 Å². The summed E-state index contributed by atoms with van der Waals surface area (Å²) in [6.07, 6.45) is 9.60. The first-order chi connectivity index (χ1) is 12.5. The molecular formula is C22H27FO4. The Morgan fingerprint density at radius 2 is 1.96 bits per heavy atom. The molecule has 0 saturated heterocycles. The zero-order chi connectivity index (χ0) is 19.8. The summed E-state index contributed by atoms with van der Waals surface area (Å²) in [5, 5.41) is 20.8. The third-order valence-electron chi connectivity index (χ3n) is 8.26. The summed E-state index contributed by atoms with van der Waals surface area (Å²) in [6.45, 7) is 4.74. The topological polar surface area (TPSA) is 74.6 Å². The van der Waals surface area contributed by atoms with Crippen LogP contribution >= 0.6 is 0 Å². The lowest BCUT2D eigenvalue weighted by Crippen LogP contribution is -2.61. The van der Waals surface area contributed by atoms with E-state index in [-0.39, 0.29) is 23.5 Å². The van der Waals surface area contributed by atoms with Gasteiger partial charge in [0.1, 0.15) is 17.9 Å². The lowest BCUT2D eigenvalue weighted by molar-refractivity contribution is -0.159. The van der Waals surface area contributed by atoms with Crippen LogP contribution < -0.4 is 0 Å². The average Bonchev–Trinajstić information content (AvgIpc) is 2.84. The maximum atomic E-state index is 16.6. The second-order valence-corrected chi connectivity index (χ2v) is 9.23. The predicted molar refractivity (Wildman–Crippen MR) is 98.5 cm³/mol. The van der Waals surface area contributed by atoms with Gasteiger partial charge in [-0.2, -0.15) is 0 Å². The normalized spacial score (nSPS) is 50.7. The molecule has 0 aromatic carbocycles. The van der Waals surface area contributed by atoms with Crippen molar-refractivity contribution < 1.29 is 24.2 Å². The van der Waals surface area contributed by atoms with Crippen molar-refractivity contribution in [3.8, 4) is 0 Å². The Morgan fingerprint density at radius 3 is 2.63 bits per heavy atom. The van der Waals surface area contributed by atoms with Gasteiger partial charge in [-0.15, -0.1) is 0 Å². The van der Waals surface area contributed by atoms with E-state index < -0.39 is 34.5 Å². The highest BCUT2D eigenvalue weighted by Crippen LogP contribution is 2.68. The minimum absolute atomic E-state index is 0.105. The largest absolute Gasteiger partial charge is 0.388 e. The average molecular weight is 374 g/mol. The number of Topliss-reactive ketones (excluding diaryl/α,β-unsaturated/α-hetero) is 1. The lowest BCUT2D eigenvalue weighted by Gasteiger charge is -2.57. The molecule has 4 nitrogen and oxygen atoms in total. The SMILES string of the molecule is C[C@@H]1C[C@H]2[C@@H]3CCC4=CC(=O)C=C[C@]4(C)[C@@]3(F)C=C[C@]2(C)[C@@]1(O)C(=O)CO. The molecule has 0 amide bonds. The first-order valence-corrected chi connectivity index (χ1v) is 9.74. The standard InChI is InChI=1S/C22H27FO4/c1-13-10-17-16-5-4-14-11-15(25)6-7-19(14,2)21(16,23)9-8-20(17,3)22(13,27)18(26)12-24/h6-9,11,13,16-17,24,27H,4-5,10,12H2,1-3H3/t13-,16+,17+,19+,20+,21-,22+/m1/s1. The van der Waals surface area contributed by atoms with Crippen molar-refractivity contribution >= 4 is 11.6 Å². The quantitative estimate of drug-likeness (QED) is 0.729. The van der Waals surface area contributed by atoms with E-state index in [9.17, 15) is 19.8 Å². The number of hydrogen-bond acceptors (Lipinski definition) is 4. The number of aliphatic hydroxyl groups excluding tert-OH is 1. The molecule has 2 fully saturated rings. The number of rotatable bonds is 2. The Bertz CT molecular complexity index is 813. The summed E-state index contributed by atoms with van der Waals surface area (Å²) in [7, 11) is 0. The second-order valence-electron chi connectivity index (χ2n) is 9.23. The third kappa shape index (κ3) is 1.99. The molecule has 4 aliphatic carbocycles. The van der Waals surface area contributed by atoms with Crippen LogP contribution in [0.4, 0.5) is 4.39 Å². The van der Waals surface area contributed by atoms with Crippen LogP contribution in [-0.4, -0.2) is 39.7 Å². The summed E-state index contributed by atoms with van der Waals surface area (Å²) in [4.78, 5) is 24.3. The molecular weight excluding hydrogens is 347 g/mol. The van der Waals surface area contributed by atoms with Crippen LogP contribution in [0.1, 0.15) is 40.0 Å². The number of allylic oxidation sites excluding steroid dienone is 5. The van der Waals surface area contributed by atoms with Crippen LogP contribution in [0.2, 0.25) is 0 Å². The van der Waals surface area contributed by atoms with Crippen molar-refractivity contribution in [2.24, 2.45) is 28.6 Å². The zero-order valence-electron chi connectivity index (χ0n) is 16.0. The number of halogens is 1. The number of aliphatic hydroxyl groups is 2. The highest BCUT2D eigenvalue weighted by Gasteiger charge is 2.71. The van der Waals surface area contributed by atoms with Crippen LogP contribution in [0, 0.1) is 28.6 Å². The maximum Gasteiger partial charge on any atom is 0.190 e. The van der Waals surface area contributed by atoms with E-state index >= 15 is 4.39 Å². The molecule has 0 aliphatic heterocycles. The van der Waals surface area contributed by atoms with Crippen LogP contribution in [-0.2, 0) is 9.59 Å². The summed E-state index contributed by atoms with van der Waals surface area (Å²) in [5.74, 6) is -1.65. The fourth-order valence-corrected chi connectivity index (χ4v) is 6.56. The van der Waals surface area contributed by atoms with E-state index in [1.165, 1.54) is 12.2 Å². The number of hydrogen-bond donors (Lipinski definition) is 2. The van der Waals surface area contributed by atoms with Gasteiger partial charge in [0.25, 0.3) is 0 Å². The zero-order valence-corrected chi connectivity index (χ0v) is 16.0. The molecule has 2 N–H and O–H groups in total. The molecule has 0 aromatic rings. The van der Waals surface area contributed by atoms with Gasteiger partial charge in [0, 0.05) is 16.7 Å².